The maximum absolute atomic E-state index is 12.2. The number of ether oxygens (including phenoxy) is 1. The van der Waals surface area contributed by atoms with E-state index in [-0.39, 0.29) is 6.54 Å². The van der Waals surface area contributed by atoms with E-state index < -0.39 is 10.0 Å². The Kier molecular flexibility index (Phi) is 4.80. The third-order valence-corrected chi connectivity index (χ3v) is 6.02. The molecule has 4 nitrogen and oxygen atoms in total. The lowest BCUT2D eigenvalue weighted by Crippen LogP contribution is -2.22. The maximum Gasteiger partial charge on any atom is 0.250 e. The zero-order valence-electron chi connectivity index (χ0n) is 11.4. The maximum atomic E-state index is 12.2. The molecule has 2 rings (SSSR count). The Morgan fingerprint density at radius 2 is 1.95 bits per heavy atom. The second-order valence-electron chi connectivity index (χ2n) is 4.21. The zero-order chi connectivity index (χ0) is 14.6. The van der Waals surface area contributed by atoms with Gasteiger partial charge in [-0.2, -0.15) is 0 Å². The first kappa shape index (κ1) is 15.0. The van der Waals surface area contributed by atoms with Crippen LogP contribution in [-0.4, -0.2) is 15.5 Å². The van der Waals surface area contributed by atoms with Crippen molar-refractivity contribution in [3.63, 3.8) is 0 Å². The quantitative estimate of drug-likeness (QED) is 0.892. The van der Waals surface area contributed by atoms with Crippen molar-refractivity contribution in [3.8, 4) is 5.75 Å². The molecule has 0 radical (unpaired) electrons. The molecule has 1 aromatic carbocycles. The molecule has 0 spiro atoms. The molecule has 0 aliphatic rings. The zero-order valence-corrected chi connectivity index (χ0v) is 13.1. The molecule has 0 fully saturated rings. The minimum Gasteiger partial charge on any atom is -0.496 e. The Balaban J connectivity index is 2.13. The monoisotopic (exact) mass is 311 g/mol. The van der Waals surface area contributed by atoms with Crippen LogP contribution < -0.4 is 9.46 Å². The highest BCUT2D eigenvalue weighted by Crippen LogP contribution is 2.23. The fourth-order valence-corrected chi connectivity index (χ4v) is 4.13. The van der Waals surface area contributed by atoms with Crippen molar-refractivity contribution < 1.29 is 13.2 Å². The molecule has 0 aliphatic carbocycles. The number of nitrogens with one attached hydrogen (secondary N) is 1. The molecule has 0 aliphatic heterocycles. The van der Waals surface area contributed by atoms with Crippen LogP contribution >= 0.6 is 11.3 Å². The highest BCUT2D eigenvalue weighted by atomic mass is 32.2. The summed E-state index contributed by atoms with van der Waals surface area (Å²) in [6.45, 7) is 2.22. The van der Waals surface area contributed by atoms with E-state index in [4.69, 9.17) is 4.74 Å². The van der Waals surface area contributed by atoms with E-state index in [9.17, 15) is 8.42 Å². The van der Waals surface area contributed by atoms with Crippen LogP contribution in [0, 0.1) is 0 Å². The first-order chi connectivity index (χ1) is 9.56. The number of rotatable bonds is 6. The average Bonchev–Trinajstić information content (AvgIpc) is 2.95. The standard InChI is InChI=1S/C14H17NO3S2/c1-3-12-8-9-14(19-12)20(16,17)15-10-11-6-4-5-7-13(11)18-2/h4-9,15H,3,10H2,1-2H3. The fourth-order valence-electron chi connectivity index (χ4n) is 1.79. The molecule has 0 bridgehead atoms. The number of sulfonamides is 1. The van der Waals surface area contributed by atoms with Crippen LogP contribution in [0.5, 0.6) is 5.75 Å². The second kappa shape index (κ2) is 6.39. The molecule has 0 saturated carbocycles. The molecule has 0 atom stereocenters. The summed E-state index contributed by atoms with van der Waals surface area (Å²) in [5, 5.41) is 0. The van der Waals surface area contributed by atoms with Gasteiger partial charge in [0.1, 0.15) is 9.96 Å². The summed E-state index contributed by atoms with van der Waals surface area (Å²) >= 11 is 1.30. The smallest absolute Gasteiger partial charge is 0.250 e. The average molecular weight is 311 g/mol. The van der Waals surface area contributed by atoms with Crippen LogP contribution in [0.15, 0.2) is 40.6 Å². The summed E-state index contributed by atoms with van der Waals surface area (Å²) in [6.07, 6.45) is 0.840. The molecule has 20 heavy (non-hydrogen) atoms. The van der Waals surface area contributed by atoms with Crippen molar-refractivity contribution in [2.75, 3.05) is 7.11 Å². The van der Waals surface area contributed by atoms with Crippen molar-refractivity contribution in [1.82, 2.24) is 4.72 Å². The lowest BCUT2D eigenvalue weighted by atomic mass is 10.2. The van der Waals surface area contributed by atoms with E-state index in [1.54, 1.807) is 13.2 Å². The molecule has 0 unspecified atom stereocenters. The third-order valence-electron chi connectivity index (χ3n) is 2.90. The van der Waals surface area contributed by atoms with Crippen LogP contribution in [0.1, 0.15) is 17.4 Å². The van der Waals surface area contributed by atoms with Gasteiger partial charge in [-0.15, -0.1) is 11.3 Å². The summed E-state index contributed by atoms with van der Waals surface area (Å²) in [5.41, 5.74) is 0.811. The SMILES string of the molecule is CCc1ccc(S(=O)(=O)NCc2ccccc2OC)s1. The van der Waals surface area contributed by atoms with Crippen molar-refractivity contribution >= 4 is 21.4 Å². The van der Waals surface area contributed by atoms with E-state index in [2.05, 4.69) is 4.72 Å². The summed E-state index contributed by atoms with van der Waals surface area (Å²) in [4.78, 5) is 1.06. The number of hydrogen-bond acceptors (Lipinski definition) is 4. The highest BCUT2D eigenvalue weighted by molar-refractivity contribution is 7.91. The van der Waals surface area contributed by atoms with Crippen LogP contribution in [0.25, 0.3) is 0 Å². The molecule has 0 saturated heterocycles. The molecule has 0 amide bonds. The van der Waals surface area contributed by atoms with Gasteiger partial charge in [-0.25, -0.2) is 13.1 Å². The number of hydrogen-bond donors (Lipinski definition) is 1. The number of methoxy groups -OCH3 is 1. The number of thiophene rings is 1. The van der Waals surface area contributed by atoms with Gasteiger partial charge in [-0.05, 0) is 24.6 Å². The molecular formula is C14H17NO3S2. The third kappa shape index (κ3) is 3.39. The number of benzene rings is 1. The first-order valence-corrected chi connectivity index (χ1v) is 8.57. The van der Waals surface area contributed by atoms with Crippen molar-refractivity contribution in [1.29, 1.82) is 0 Å². The van der Waals surface area contributed by atoms with Gasteiger partial charge < -0.3 is 4.74 Å². The van der Waals surface area contributed by atoms with Crippen molar-refractivity contribution in [2.24, 2.45) is 0 Å². The molecular weight excluding hydrogens is 294 g/mol. The van der Waals surface area contributed by atoms with Crippen molar-refractivity contribution in [3.05, 3.63) is 46.8 Å². The van der Waals surface area contributed by atoms with Gasteiger partial charge in [0.2, 0.25) is 10.0 Å². The lowest BCUT2D eigenvalue weighted by Gasteiger charge is -2.09. The van der Waals surface area contributed by atoms with Gasteiger partial charge in [0, 0.05) is 17.0 Å². The minimum atomic E-state index is -3.46. The Hall–Kier alpha value is -1.37. The summed E-state index contributed by atoms with van der Waals surface area (Å²) in [5.74, 6) is 0.677. The predicted molar refractivity (Wildman–Crippen MR) is 80.7 cm³/mol. The molecule has 1 aromatic heterocycles. The van der Waals surface area contributed by atoms with E-state index >= 15 is 0 Å². The molecule has 1 heterocycles. The van der Waals surface area contributed by atoms with Crippen LogP contribution in [-0.2, 0) is 23.0 Å². The molecule has 6 heteroatoms. The van der Waals surface area contributed by atoms with E-state index in [0.717, 1.165) is 16.9 Å². The highest BCUT2D eigenvalue weighted by Gasteiger charge is 2.16. The fraction of sp³-hybridized carbons (Fsp3) is 0.286. The minimum absolute atomic E-state index is 0.214. The number of aryl methyl sites for hydroxylation is 1. The van der Waals surface area contributed by atoms with Crippen LogP contribution in [0.2, 0.25) is 0 Å². The largest absolute Gasteiger partial charge is 0.496 e. The van der Waals surface area contributed by atoms with Crippen molar-refractivity contribution in [2.45, 2.75) is 24.1 Å². The van der Waals surface area contributed by atoms with Gasteiger partial charge >= 0.3 is 0 Å². The van der Waals surface area contributed by atoms with E-state index in [1.807, 2.05) is 37.3 Å². The Morgan fingerprint density at radius 1 is 1.20 bits per heavy atom. The summed E-state index contributed by atoms with van der Waals surface area (Å²) in [7, 11) is -1.89. The number of para-hydroxylation sites is 1. The lowest BCUT2D eigenvalue weighted by molar-refractivity contribution is 0.409. The van der Waals surface area contributed by atoms with Gasteiger partial charge in [0.25, 0.3) is 0 Å². The Bertz CT molecular complexity index is 677. The van der Waals surface area contributed by atoms with Gasteiger partial charge in [-0.1, -0.05) is 25.1 Å². The predicted octanol–water partition coefficient (Wildman–Crippen LogP) is 2.80. The summed E-state index contributed by atoms with van der Waals surface area (Å²) < 4.78 is 32.5. The van der Waals surface area contributed by atoms with Gasteiger partial charge in [-0.3, -0.25) is 0 Å². The van der Waals surface area contributed by atoms with Gasteiger partial charge in [0.15, 0.2) is 0 Å². The first-order valence-electron chi connectivity index (χ1n) is 6.27. The molecule has 108 valence electrons. The van der Waals surface area contributed by atoms with Gasteiger partial charge in [0.05, 0.1) is 7.11 Å². The van der Waals surface area contributed by atoms with E-state index in [0.29, 0.717) is 9.96 Å². The Morgan fingerprint density at radius 3 is 2.60 bits per heavy atom. The van der Waals surface area contributed by atoms with Crippen LogP contribution in [0.3, 0.4) is 0 Å². The second-order valence-corrected chi connectivity index (χ2v) is 7.37. The normalized spacial score (nSPS) is 11.5. The molecule has 2 aromatic rings. The topological polar surface area (TPSA) is 55.4 Å². The summed E-state index contributed by atoms with van der Waals surface area (Å²) in [6, 6.07) is 10.9. The van der Waals surface area contributed by atoms with E-state index in [1.165, 1.54) is 11.3 Å². The van der Waals surface area contributed by atoms with Crippen LogP contribution in [0.4, 0.5) is 0 Å². The molecule has 1 N–H and O–H groups in total. The Labute approximate surface area is 123 Å².